The van der Waals surface area contributed by atoms with Gasteiger partial charge in [-0.2, -0.15) is 0 Å². The van der Waals surface area contributed by atoms with Crippen LogP contribution < -0.4 is 0 Å². The summed E-state index contributed by atoms with van der Waals surface area (Å²) in [5.41, 5.74) is 2.96. The maximum Gasteiger partial charge on any atom is 0.0302 e. The molecule has 1 aromatic heterocycles. The fourth-order valence-corrected chi connectivity index (χ4v) is 1.88. The summed E-state index contributed by atoms with van der Waals surface area (Å²) in [6.07, 6.45) is 5.12. The van der Waals surface area contributed by atoms with E-state index in [4.69, 9.17) is 0 Å². The lowest BCUT2D eigenvalue weighted by Crippen LogP contribution is -1.97. The lowest BCUT2D eigenvalue weighted by Gasteiger charge is -2.08. The van der Waals surface area contributed by atoms with Gasteiger partial charge in [0, 0.05) is 12.4 Å². The highest BCUT2D eigenvalue weighted by Gasteiger charge is 2.24. The molecule has 0 aromatic carbocycles. The molecule has 0 bridgehead atoms. The minimum Gasteiger partial charge on any atom is -0.264 e. The highest BCUT2D eigenvalue weighted by molar-refractivity contribution is 5.32. The Morgan fingerprint density at radius 3 is 3.00 bits per heavy atom. The third-order valence-electron chi connectivity index (χ3n) is 2.83. The van der Waals surface area contributed by atoms with E-state index in [-0.39, 0.29) is 0 Å². The van der Waals surface area contributed by atoms with Gasteiger partial charge in [-0.15, -0.1) is 0 Å². The predicted octanol–water partition coefficient (Wildman–Crippen LogP) is 2.38. The van der Waals surface area contributed by atoms with Crippen molar-refractivity contribution in [2.75, 3.05) is 0 Å². The van der Waals surface area contributed by atoms with Crippen LogP contribution in [0.5, 0.6) is 0 Å². The van der Waals surface area contributed by atoms with Crippen molar-refractivity contribution >= 4 is 0 Å². The maximum absolute atomic E-state index is 4.13. The summed E-state index contributed by atoms with van der Waals surface area (Å²) in [6.45, 7) is 4.61. The zero-order valence-corrected chi connectivity index (χ0v) is 7.04. The van der Waals surface area contributed by atoms with Crippen LogP contribution in [0.2, 0.25) is 0 Å². The minimum atomic E-state index is 0.730. The Kier molecular flexibility index (Phi) is 1.45. The van der Waals surface area contributed by atoms with E-state index in [9.17, 15) is 0 Å². The molecule has 2 atom stereocenters. The molecule has 2 unspecified atom stereocenters. The molecule has 1 heterocycles. The first-order valence-electron chi connectivity index (χ1n) is 4.22. The van der Waals surface area contributed by atoms with Gasteiger partial charge in [-0.3, -0.25) is 4.98 Å². The Labute approximate surface area is 67.5 Å². The number of hydrogen-bond donors (Lipinski definition) is 0. The molecule has 0 saturated heterocycles. The fraction of sp³-hybridized carbons (Fsp3) is 0.500. The van der Waals surface area contributed by atoms with Gasteiger partial charge < -0.3 is 0 Å². The van der Waals surface area contributed by atoms with Gasteiger partial charge in [0.2, 0.25) is 0 Å². The number of hydrogen-bond acceptors (Lipinski definition) is 1. The third kappa shape index (κ3) is 0.953. The molecule has 0 spiro atoms. The molecule has 0 radical (unpaired) electrons. The van der Waals surface area contributed by atoms with Crippen LogP contribution in [-0.2, 0) is 6.42 Å². The minimum absolute atomic E-state index is 0.730. The molecule has 0 fully saturated rings. The molecule has 0 amide bonds. The zero-order valence-electron chi connectivity index (χ0n) is 7.04. The van der Waals surface area contributed by atoms with Crippen LogP contribution in [0.15, 0.2) is 18.5 Å². The molecule has 0 aliphatic heterocycles. The number of rotatable bonds is 0. The van der Waals surface area contributed by atoms with Crippen LogP contribution in [0.25, 0.3) is 0 Å². The van der Waals surface area contributed by atoms with Crippen molar-refractivity contribution in [3.8, 4) is 0 Å². The molecule has 1 nitrogen and oxygen atoms in total. The third-order valence-corrected chi connectivity index (χ3v) is 2.83. The number of fused-ring (bicyclic) bond motifs is 1. The van der Waals surface area contributed by atoms with Crippen LogP contribution in [0.3, 0.4) is 0 Å². The van der Waals surface area contributed by atoms with Gasteiger partial charge in [0.1, 0.15) is 0 Å². The summed E-state index contributed by atoms with van der Waals surface area (Å²) in [6, 6.07) is 2.16. The van der Waals surface area contributed by atoms with Crippen molar-refractivity contribution in [3.63, 3.8) is 0 Å². The lowest BCUT2D eigenvalue weighted by atomic mass is 9.97. The average molecular weight is 147 g/mol. The molecule has 58 valence electrons. The Bertz CT molecular complexity index is 267. The molecule has 1 aliphatic rings. The Morgan fingerprint density at radius 1 is 1.45 bits per heavy atom. The lowest BCUT2D eigenvalue weighted by molar-refractivity contribution is 0.532. The summed E-state index contributed by atoms with van der Waals surface area (Å²) in [7, 11) is 0. The molecule has 1 heteroatoms. The summed E-state index contributed by atoms with van der Waals surface area (Å²) in [5, 5.41) is 0. The largest absolute Gasteiger partial charge is 0.264 e. The summed E-state index contributed by atoms with van der Waals surface area (Å²) in [4.78, 5) is 4.13. The monoisotopic (exact) mass is 147 g/mol. The predicted molar refractivity (Wildman–Crippen MR) is 45.5 cm³/mol. The molecule has 1 aromatic rings. The summed E-state index contributed by atoms with van der Waals surface area (Å²) < 4.78 is 0. The number of nitrogens with zero attached hydrogens (tertiary/aromatic N) is 1. The van der Waals surface area contributed by atoms with E-state index in [1.165, 1.54) is 17.5 Å². The normalized spacial score (nSPS) is 28.5. The molecule has 11 heavy (non-hydrogen) atoms. The highest BCUT2D eigenvalue weighted by atomic mass is 14.6. The van der Waals surface area contributed by atoms with Crippen molar-refractivity contribution in [3.05, 3.63) is 29.6 Å². The van der Waals surface area contributed by atoms with E-state index >= 15 is 0 Å². The van der Waals surface area contributed by atoms with Crippen molar-refractivity contribution in [1.29, 1.82) is 0 Å². The van der Waals surface area contributed by atoms with Gasteiger partial charge in [0.25, 0.3) is 0 Å². The van der Waals surface area contributed by atoms with Crippen LogP contribution in [0.1, 0.15) is 30.9 Å². The van der Waals surface area contributed by atoms with Gasteiger partial charge in [-0.25, -0.2) is 0 Å². The first-order valence-corrected chi connectivity index (χ1v) is 4.22. The van der Waals surface area contributed by atoms with E-state index in [1.54, 1.807) is 0 Å². The molecule has 0 N–H and O–H groups in total. The SMILES string of the molecule is CC1Cc2cnccc2C1C. The second-order valence-corrected chi connectivity index (χ2v) is 3.54. The second kappa shape index (κ2) is 2.33. The number of aromatic nitrogens is 1. The summed E-state index contributed by atoms with van der Waals surface area (Å²) in [5.74, 6) is 1.53. The van der Waals surface area contributed by atoms with E-state index in [0.29, 0.717) is 0 Å². The van der Waals surface area contributed by atoms with Gasteiger partial charge >= 0.3 is 0 Å². The fourth-order valence-electron chi connectivity index (χ4n) is 1.88. The Hall–Kier alpha value is -0.850. The average Bonchev–Trinajstić information content (AvgIpc) is 2.30. The Morgan fingerprint density at radius 2 is 2.27 bits per heavy atom. The molecule has 2 rings (SSSR count). The maximum atomic E-state index is 4.13. The van der Waals surface area contributed by atoms with E-state index in [1.807, 2.05) is 12.4 Å². The standard InChI is InChI=1S/C10H13N/c1-7-5-9-6-11-4-3-10(9)8(7)2/h3-4,6-8H,5H2,1-2H3. The quantitative estimate of drug-likeness (QED) is 0.549. The van der Waals surface area contributed by atoms with Crippen LogP contribution in [0.4, 0.5) is 0 Å². The van der Waals surface area contributed by atoms with Crippen molar-refractivity contribution < 1.29 is 0 Å². The van der Waals surface area contributed by atoms with Crippen molar-refractivity contribution in [2.24, 2.45) is 5.92 Å². The topological polar surface area (TPSA) is 12.9 Å². The molecular formula is C10H13N. The van der Waals surface area contributed by atoms with Crippen LogP contribution in [0, 0.1) is 5.92 Å². The van der Waals surface area contributed by atoms with Crippen molar-refractivity contribution in [2.45, 2.75) is 26.2 Å². The van der Waals surface area contributed by atoms with Gasteiger partial charge in [-0.05, 0) is 35.4 Å². The first kappa shape index (κ1) is 6.84. The van der Waals surface area contributed by atoms with E-state index in [2.05, 4.69) is 24.9 Å². The molecule has 0 saturated carbocycles. The van der Waals surface area contributed by atoms with Crippen LogP contribution in [-0.4, -0.2) is 4.98 Å². The van der Waals surface area contributed by atoms with Gasteiger partial charge in [-0.1, -0.05) is 13.8 Å². The van der Waals surface area contributed by atoms with Gasteiger partial charge in [0.15, 0.2) is 0 Å². The first-order chi connectivity index (χ1) is 5.29. The molecular weight excluding hydrogens is 134 g/mol. The van der Waals surface area contributed by atoms with Crippen molar-refractivity contribution in [1.82, 2.24) is 4.98 Å². The highest BCUT2D eigenvalue weighted by Crippen LogP contribution is 2.36. The second-order valence-electron chi connectivity index (χ2n) is 3.54. The zero-order chi connectivity index (χ0) is 7.84. The molecule has 1 aliphatic carbocycles. The number of pyridine rings is 1. The smallest absolute Gasteiger partial charge is 0.0302 e. The Balaban J connectivity index is 2.47. The van der Waals surface area contributed by atoms with Crippen LogP contribution >= 0.6 is 0 Å². The van der Waals surface area contributed by atoms with E-state index < -0.39 is 0 Å². The van der Waals surface area contributed by atoms with Gasteiger partial charge in [0.05, 0.1) is 0 Å². The summed E-state index contributed by atoms with van der Waals surface area (Å²) >= 11 is 0. The van der Waals surface area contributed by atoms with E-state index in [0.717, 1.165) is 11.8 Å².